The second-order valence-corrected chi connectivity index (χ2v) is 5.49. The smallest absolute Gasteiger partial charge is 0.210 e. The van der Waals surface area contributed by atoms with Crippen LogP contribution in [0.4, 0.5) is 0 Å². The van der Waals surface area contributed by atoms with Crippen LogP contribution in [0.1, 0.15) is 11.8 Å². The maximum atomic E-state index is 11.2. The van der Waals surface area contributed by atoms with Crippen molar-refractivity contribution in [2.45, 2.75) is 11.3 Å². The van der Waals surface area contributed by atoms with Crippen LogP contribution in [0.3, 0.4) is 0 Å². The number of hydrogen-bond donors (Lipinski definition) is 0. The van der Waals surface area contributed by atoms with Gasteiger partial charge in [0.1, 0.15) is 10.9 Å². The number of nitrogens with zero attached hydrogens (tertiary/aromatic N) is 2. The fraction of sp³-hybridized carbons (Fsp3) is 0.333. The van der Waals surface area contributed by atoms with Crippen molar-refractivity contribution in [1.82, 2.24) is 4.98 Å². The third kappa shape index (κ3) is 1.62. The molecule has 0 unspecified atom stereocenters. The van der Waals surface area contributed by atoms with E-state index in [1.54, 1.807) is 6.92 Å². The minimum Gasteiger partial charge on any atom is -0.232 e. The summed E-state index contributed by atoms with van der Waals surface area (Å²) in [6, 6.07) is 1.84. The van der Waals surface area contributed by atoms with Gasteiger partial charge in [0.05, 0.1) is 11.9 Å². The molecular formula is C6H6N2O2S2. The van der Waals surface area contributed by atoms with Crippen molar-refractivity contribution in [3.05, 3.63) is 11.1 Å². The summed E-state index contributed by atoms with van der Waals surface area (Å²) in [5.41, 5.74) is 0. The summed E-state index contributed by atoms with van der Waals surface area (Å²) in [6.45, 7) is 1.54. The molecule has 0 aliphatic rings. The van der Waals surface area contributed by atoms with E-state index in [1.165, 1.54) is 6.20 Å². The van der Waals surface area contributed by atoms with Gasteiger partial charge in [0.15, 0.2) is 0 Å². The normalized spacial score (nSPS) is 11.0. The zero-order chi connectivity index (χ0) is 9.19. The summed E-state index contributed by atoms with van der Waals surface area (Å²) < 4.78 is 22.4. The van der Waals surface area contributed by atoms with Gasteiger partial charge in [0.2, 0.25) is 14.2 Å². The van der Waals surface area contributed by atoms with Crippen LogP contribution in [0.5, 0.6) is 0 Å². The lowest BCUT2D eigenvalue weighted by molar-refractivity contribution is 0.596. The van der Waals surface area contributed by atoms with Gasteiger partial charge in [-0.1, -0.05) is 18.3 Å². The largest absolute Gasteiger partial charge is 0.232 e. The van der Waals surface area contributed by atoms with Crippen LogP contribution in [0.15, 0.2) is 10.5 Å². The molecule has 0 atom stereocenters. The molecule has 6 heteroatoms. The van der Waals surface area contributed by atoms with E-state index in [0.717, 1.165) is 11.3 Å². The van der Waals surface area contributed by atoms with E-state index >= 15 is 0 Å². The SMILES string of the molecule is CCS(=O)(=O)c1ncc(C#N)s1. The molecule has 0 aliphatic heterocycles. The molecule has 4 nitrogen and oxygen atoms in total. The molecular weight excluding hydrogens is 196 g/mol. The maximum Gasteiger partial charge on any atom is 0.210 e. The van der Waals surface area contributed by atoms with Crippen molar-refractivity contribution in [2.75, 3.05) is 5.75 Å². The predicted octanol–water partition coefficient (Wildman–Crippen LogP) is 0.808. The highest BCUT2D eigenvalue weighted by atomic mass is 32.2. The van der Waals surface area contributed by atoms with E-state index in [4.69, 9.17) is 5.26 Å². The quantitative estimate of drug-likeness (QED) is 0.711. The minimum atomic E-state index is -3.23. The average Bonchev–Trinajstić information content (AvgIpc) is 2.52. The molecule has 64 valence electrons. The van der Waals surface area contributed by atoms with Crippen molar-refractivity contribution in [1.29, 1.82) is 5.26 Å². The third-order valence-corrected chi connectivity index (χ3v) is 4.35. The van der Waals surface area contributed by atoms with E-state index in [2.05, 4.69) is 4.98 Å². The topological polar surface area (TPSA) is 70.8 Å². The van der Waals surface area contributed by atoms with Crippen LogP contribution in [-0.2, 0) is 9.84 Å². The zero-order valence-electron chi connectivity index (χ0n) is 6.31. The van der Waals surface area contributed by atoms with Crippen LogP contribution in [0.2, 0.25) is 0 Å². The number of sulfone groups is 1. The Kier molecular flexibility index (Phi) is 2.45. The number of thiazole rings is 1. The fourth-order valence-corrected chi connectivity index (χ4v) is 2.61. The van der Waals surface area contributed by atoms with Crippen LogP contribution in [0, 0.1) is 11.3 Å². The van der Waals surface area contributed by atoms with Gasteiger partial charge in [-0.25, -0.2) is 13.4 Å². The Morgan fingerprint density at radius 3 is 2.83 bits per heavy atom. The molecule has 0 fully saturated rings. The maximum absolute atomic E-state index is 11.2. The first-order valence-electron chi connectivity index (χ1n) is 3.19. The highest BCUT2D eigenvalue weighted by molar-refractivity contribution is 7.93. The van der Waals surface area contributed by atoms with Crippen LogP contribution in [0.25, 0.3) is 0 Å². The Morgan fingerprint density at radius 2 is 2.42 bits per heavy atom. The van der Waals surface area contributed by atoms with E-state index in [9.17, 15) is 8.42 Å². The minimum absolute atomic E-state index is 0.0192. The monoisotopic (exact) mass is 202 g/mol. The number of nitriles is 1. The third-order valence-electron chi connectivity index (χ3n) is 1.24. The van der Waals surface area contributed by atoms with Gasteiger partial charge >= 0.3 is 0 Å². The van der Waals surface area contributed by atoms with Crippen LogP contribution >= 0.6 is 11.3 Å². The number of hydrogen-bond acceptors (Lipinski definition) is 5. The molecule has 12 heavy (non-hydrogen) atoms. The first-order valence-corrected chi connectivity index (χ1v) is 5.65. The number of aromatic nitrogens is 1. The Bertz CT molecular complexity index is 413. The van der Waals surface area contributed by atoms with Gasteiger partial charge in [-0.05, 0) is 0 Å². The Morgan fingerprint density at radius 1 is 1.75 bits per heavy atom. The van der Waals surface area contributed by atoms with Crippen molar-refractivity contribution in [3.63, 3.8) is 0 Å². The molecule has 0 N–H and O–H groups in total. The second kappa shape index (κ2) is 3.21. The van der Waals surface area contributed by atoms with Crippen LogP contribution in [-0.4, -0.2) is 19.2 Å². The lowest BCUT2D eigenvalue weighted by atomic mass is 10.6. The summed E-state index contributed by atoms with van der Waals surface area (Å²) >= 11 is 0.904. The van der Waals surface area contributed by atoms with Gasteiger partial charge in [-0.2, -0.15) is 5.26 Å². The number of rotatable bonds is 2. The molecule has 0 spiro atoms. The summed E-state index contributed by atoms with van der Waals surface area (Å²) in [5.74, 6) is 0.0192. The highest BCUT2D eigenvalue weighted by Crippen LogP contribution is 2.17. The van der Waals surface area contributed by atoms with Crippen molar-refractivity contribution in [2.24, 2.45) is 0 Å². The fourth-order valence-electron chi connectivity index (χ4n) is 0.577. The Balaban J connectivity index is 3.16. The molecule has 0 saturated heterocycles. The van der Waals surface area contributed by atoms with E-state index in [-0.39, 0.29) is 10.1 Å². The second-order valence-electron chi connectivity index (χ2n) is 2.01. The molecule has 1 aromatic heterocycles. The van der Waals surface area contributed by atoms with Crippen LogP contribution < -0.4 is 0 Å². The van der Waals surface area contributed by atoms with E-state index < -0.39 is 9.84 Å². The molecule has 0 aromatic carbocycles. The molecule has 1 rings (SSSR count). The average molecular weight is 202 g/mol. The van der Waals surface area contributed by atoms with E-state index in [0.29, 0.717) is 4.88 Å². The summed E-state index contributed by atoms with van der Waals surface area (Å²) in [5, 5.41) is 8.41. The van der Waals surface area contributed by atoms with Crippen molar-refractivity contribution >= 4 is 21.2 Å². The van der Waals surface area contributed by atoms with Gasteiger partial charge < -0.3 is 0 Å². The van der Waals surface area contributed by atoms with Gasteiger partial charge in [0, 0.05) is 0 Å². The molecule has 1 heterocycles. The molecule has 0 radical (unpaired) electrons. The summed E-state index contributed by atoms with van der Waals surface area (Å²) in [7, 11) is -3.23. The summed E-state index contributed by atoms with van der Waals surface area (Å²) in [4.78, 5) is 3.96. The van der Waals surface area contributed by atoms with Gasteiger partial charge in [-0.15, -0.1) is 0 Å². The lowest BCUT2D eigenvalue weighted by Gasteiger charge is -1.91. The lowest BCUT2D eigenvalue weighted by Crippen LogP contribution is -2.02. The molecule has 0 aliphatic carbocycles. The first kappa shape index (κ1) is 9.16. The van der Waals surface area contributed by atoms with E-state index in [1.807, 2.05) is 6.07 Å². The summed E-state index contributed by atoms with van der Waals surface area (Å²) in [6.07, 6.45) is 1.27. The standard InChI is InChI=1S/C6H6N2O2S2/c1-2-12(9,10)6-8-4-5(3-7)11-6/h4H,2H2,1H3. The van der Waals surface area contributed by atoms with Crippen molar-refractivity contribution in [3.8, 4) is 6.07 Å². The highest BCUT2D eigenvalue weighted by Gasteiger charge is 2.15. The zero-order valence-corrected chi connectivity index (χ0v) is 7.94. The Hall–Kier alpha value is -0.930. The molecule has 0 saturated carbocycles. The van der Waals surface area contributed by atoms with Gasteiger partial charge in [0.25, 0.3) is 0 Å². The molecule has 1 aromatic rings. The predicted molar refractivity (Wildman–Crippen MR) is 44.6 cm³/mol. The molecule has 0 bridgehead atoms. The van der Waals surface area contributed by atoms with Crippen molar-refractivity contribution < 1.29 is 8.42 Å². The van der Waals surface area contributed by atoms with Gasteiger partial charge in [-0.3, -0.25) is 0 Å². The Labute approximate surface area is 74.4 Å². The molecule has 0 amide bonds. The first-order chi connectivity index (χ1) is 5.60.